The Morgan fingerprint density at radius 2 is 2.00 bits per heavy atom. The van der Waals surface area contributed by atoms with Crippen molar-refractivity contribution in [2.75, 3.05) is 0 Å². The van der Waals surface area contributed by atoms with E-state index in [0.29, 0.717) is 5.92 Å². The predicted molar refractivity (Wildman–Crippen MR) is 83.2 cm³/mol. The summed E-state index contributed by atoms with van der Waals surface area (Å²) in [7, 11) is 0. The minimum absolute atomic E-state index is 0.629. The maximum absolute atomic E-state index is 4.69. The van der Waals surface area contributed by atoms with Crippen molar-refractivity contribution in [1.82, 2.24) is 10.3 Å². The number of nitrogens with one attached hydrogen (secondary N) is 1. The minimum atomic E-state index is 0.629. The van der Waals surface area contributed by atoms with E-state index in [4.69, 9.17) is 0 Å². The van der Waals surface area contributed by atoms with Gasteiger partial charge in [0.05, 0.1) is 5.01 Å². The van der Waals surface area contributed by atoms with Gasteiger partial charge in [-0.25, -0.2) is 4.98 Å². The molecule has 20 heavy (non-hydrogen) atoms. The Bertz CT molecular complexity index is 601. The molecule has 1 N–H and O–H groups in total. The Morgan fingerprint density at radius 3 is 2.85 bits per heavy atom. The van der Waals surface area contributed by atoms with Gasteiger partial charge in [0.25, 0.3) is 0 Å². The molecular weight excluding hydrogens is 264 g/mol. The highest BCUT2D eigenvalue weighted by molar-refractivity contribution is 7.11. The highest BCUT2D eigenvalue weighted by Crippen LogP contribution is 2.34. The van der Waals surface area contributed by atoms with Gasteiger partial charge in [0.1, 0.15) is 0 Å². The maximum atomic E-state index is 4.69. The largest absolute Gasteiger partial charge is 0.309 e. The molecule has 2 aliphatic rings. The van der Waals surface area contributed by atoms with Gasteiger partial charge in [-0.1, -0.05) is 24.3 Å². The fourth-order valence-corrected chi connectivity index (χ4v) is 4.04. The number of hydrogen-bond donors (Lipinski definition) is 1. The molecule has 104 valence electrons. The average Bonchev–Trinajstić information content (AvgIpc) is 3.21. The van der Waals surface area contributed by atoms with Crippen LogP contribution in [0, 0.1) is 0 Å². The first-order valence-electron chi connectivity index (χ1n) is 7.63. The molecule has 0 bridgehead atoms. The monoisotopic (exact) mass is 284 g/mol. The molecule has 2 nitrogen and oxygen atoms in total. The van der Waals surface area contributed by atoms with Gasteiger partial charge in [-0.2, -0.15) is 0 Å². The number of rotatable bonds is 4. The Kier molecular flexibility index (Phi) is 3.32. The first-order valence-corrected chi connectivity index (χ1v) is 8.45. The molecule has 1 heterocycles. The lowest BCUT2D eigenvalue weighted by Gasteiger charge is -2.22. The van der Waals surface area contributed by atoms with Crippen LogP contribution in [0.2, 0.25) is 0 Å². The molecule has 1 atom stereocenters. The van der Waals surface area contributed by atoms with Crippen LogP contribution in [-0.2, 0) is 19.4 Å². The SMILES string of the molecule is c1ccc2c(c1)CCC(c1ncc(CNC3CC3)s1)C2. The lowest BCUT2D eigenvalue weighted by atomic mass is 9.84. The van der Waals surface area contributed by atoms with Crippen LogP contribution in [-0.4, -0.2) is 11.0 Å². The molecule has 0 aliphatic heterocycles. The van der Waals surface area contributed by atoms with Gasteiger partial charge in [-0.15, -0.1) is 11.3 Å². The van der Waals surface area contributed by atoms with Crippen LogP contribution in [0.4, 0.5) is 0 Å². The van der Waals surface area contributed by atoms with Crippen molar-refractivity contribution >= 4 is 11.3 Å². The second-order valence-corrected chi connectivity index (χ2v) is 7.18. The fourth-order valence-electron chi connectivity index (χ4n) is 3.03. The van der Waals surface area contributed by atoms with Crippen molar-refractivity contribution in [3.63, 3.8) is 0 Å². The van der Waals surface area contributed by atoms with Gasteiger partial charge in [-0.05, 0) is 43.2 Å². The number of fused-ring (bicyclic) bond motifs is 1. The third kappa shape index (κ3) is 2.65. The zero-order valence-electron chi connectivity index (χ0n) is 11.6. The highest BCUT2D eigenvalue weighted by Gasteiger charge is 2.23. The smallest absolute Gasteiger partial charge is 0.0962 e. The lowest BCUT2D eigenvalue weighted by molar-refractivity contribution is 0.582. The van der Waals surface area contributed by atoms with E-state index < -0.39 is 0 Å². The molecule has 1 saturated carbocycles. The summed E-state index contributed by atoms with van der Waals surface area (Å²) in [4.78, 5) is 6.08. The standard InChI is InChI=1S/C17H20N2S/c1-2-4-13-9-14(6-5-12(13)3-1)17-19-11-16(20-17)10-18-15-7-8-15/h1-4,11,14-15,18H,5-10H2. The Hall–Kier alpha value is -1.19. The summed E-state index contributed by atoms with van der Waals surface area (Å²) in [6, 6.07) is 9.66. The molecule has 0 saturated heterocycles. The molecule has 1 aromatic heterocycles. The highest BCUT2D eigenvalue weighted by atomic mass is 32.1. The van der Waals surface area contributed by atoms with Gasteiger partial charge in [0, 0.05) is 29.6 Å². The zero-order valence-corrected chi connectivity index (χ0v) is 12.5. The molecule has 0 amide bonds. The number of benzene rings is 1. The van der Waals surface area contributed by atoms with Crippen molar-refractivity contribution in [2.45, 2.75) is 50.6 Å². The van der Waals surface area contributed by atoms with E-state index in [1.807, 2.05) is 11.3 Å². The molecule has 1 fully saturated rings. The van der Waals surface area contributed by atoms with Gasteiger partial charge in [0.15, 0.2) is 0 Å². The predicted octanol–water partition coefficient (Wildman–Crippen LogP) is 3.67. The van der Waals surface area contributed by atoms with Crippen LogP contribution in [0.1, 0.15) is 46.2 Å². The zero-order chi connectivity index (χ0) is 13.4. The van der Waals surface area contributed by atoms with Gasteiger partial charge >= 0.3 is 0 Å². The van der Waals surface area contributed by atoms with Crippen LogP contribution >= 0.6 is 11.3 Å². The Balaban J connectivity index is 1.45. The van der Waals surface area contributed by atoms with Gasteiger partial charge in [-0.3, -0.25) is 0 Å². The summed E-state index contributed by atoms with van der Waals surface area (Å²) in [5.74, 6) is 0.629. The van der Waals surface area contributed by atoms with E-state index in [1.54, 1.807) is 0 Å². The fraction of sp³-hybridized carbons (Fsp3) is 0.471. The number of aromatic nitrogens is 1. The Morgan fingerprint density at radius 1 is 1.15 bits per heavy atom. The van der Waals surface area contributed by atoms with Crippen LogP contribution in [0.3, 0.4) is 0 Å². The van der Waals surface area contributed by atoms with Gasteiger partial charge < -0.3 is 5.32 Å². The number of hydrogen-bond acceptors (Lipinski definition) is 3. The van der Waals surface area contributed by atoms with E-state index >= 15 is 0 Å². The van der Waals surface area contributed by atoms with Gasteiger partial charge in [0.2, 0.25) is 0 Å². The number of nitrogens with zero attached hydrogens (tertiary/aromatic N) is 1. The molecule has 4 rings (SSSR count). The van der Waals surface area contributed by atoms with Crippen molar-refractivity contribution < 1.29 is 0 Å². The molecule has 2 aliphatic carbocycles. The van der Waals surface area contributed by atoms with Crippen LogP contribution < -0.4 is 5.32 Å². The lowest BCUT2D eigenvalue weighted by Crippen LogP contribution is -2.14. The second-order valence-electron chi connectivity index (χ2n) is 6.03. The summed E-state index contributed by atoms with van der Waals surface area (Å²) < 4.78 is 0. The Labute approximate surface area is 124 Å². The second kappa shape index (κ2) is 5.30. The van der Waals surface area contributed by atoms with Crippen LogP contribution in [0.15, 0.2) is 30.5 Å². The number of thiazole rings is 1. The summed E-state index contributed by atoms with van der Waals surface area (Å²) >= 11 is 1.91. The first-order chi connectivity index (χ1) is 9.88. The summed E-state index contributed by atoms with van der Waals surface area (Å²) in [5, 5.41) is 4.92. The molecule has 2 aromatic rings. The molecule has 1 aromatic carbocycles. The van der Waals surface area contributed by atoms with Crippen molar-refractivity contribution in [3.8, 4) is 0 Å². The van der Waals surface area contributed by atoms with Crippen LogP contribution in [0.25, 0.3) is 0 Å². The summed E-state index contributed by atoms with van der Waals surface area (Å²) in [6.45, 7) is 1.01. The van der Waals surface area contributed by atoms with E-state index in [0.717, 1.165) is 12.6 Å². The molecule has 0 spiro atoms. The molecule has 1 unspecified atom stereocenters. The minimum Gasteiger partial charge on any atom is -0.309 e. The van der Waals surface area contributed by atoms with Crippen molar-refractivity contribution in [1.29, 1.82) is 0 Å². The normalized spacial score (nSPS) is 21.7. The van der Waals surface area contributed by atoms with E-state index in [-0.39, 0.29) is 0 Å². The quantitative estimate of drug-likeness (QED) is 0.926. The maximum Gasteiger partial charge on any atom is 0.0962 e. The van der Waals surface area contributed by atoms with Crippen molar-refractivity contribution in [2.24, 2.45) is 0 Å². The van der Waals surface area contributed by atoms with Crippen molar-refractivity contribution in [3.05, 3.63) is 51.5 Å². The topological polar surface area (TPSA) is 24.9 Å². The molecule has 3 heteroatoms. The summed E-state index contributed by atoms with van der Waals surface area (Å²) in [6.07, 6.45) is 8.40. The van der Waals surface area contributed by atoms with E-state index in [2.05, 4.69) is 40.8 Å². The molecular formula is C17H20N2S. The average molecular weight is 284 g/mol. The molecule has 0 radical (unpaired) electrons. The third-order valence-electron chi connectivity index (χ3n) is 4.41. The van der Waals surface area contributed by atoms with Crippen LogP contribution in [0.5, 0.6) is 0 Å². The summed E-state index contributed by atoms with van der Waals surface area (Å²) in [5.41, 5.74) is 3.06. The first kappa shape index (κ1) is 12.5. The number of aryl methyl sites for hydroxylation is 1. The third-order valence-corrected chi connectivity index (χ3v) is 5.57. The van der Waals surface area contributed by atoms with E-state index in [1.165, 1.54) is 53.1 Å². The van der Waals surface area contributed by atoms with E-state index in [9.17, 15) is 0 Å².